The molecule has 0 atom stereocenters. The molecule has 148 valence electrons. The predicted octanol–water partition coefficient (Wildman–Crippen LogP) is 3.96. The zero-order chi connectivity index (χ0) is 20.7. The molecule has 4 aromatic rings. The lowest BCUT2D eigenvalue weighted by atomic mass is 9.95. The number of amides is 1. The number of benzene rings is 3. The molecule has 0 saturated carbocycles. The number of carbonyl (C=O) groups excluding carboxylic acids is 1. The average Bonchev–Trinajstić information content (AvgIpc) is 2.74. The van der Waals surface area contributed by atoms with E-state index in [9.17, 15) is 9.90 Å². The van der Waals surface area contributed by atoms with Gasteiger partial charge in [0.05, 0.1) is 17.9 Å². The molecule has 5 rings (SSSR count). The van der Waals surface area contributed by atoms with Gasteiger partial charge in [-0.2, -0.15) is 5.10 Å². The number of hydrogen-bond acceptors (Lipinski definition) is 5. The van der Waals surface area contributed by atoms with Gasteiger partial charge in [0.25, 0.3) is 0 Å². The number of nitrogens with one attached hydrogen (secondary N) is 1. The minimum absolute atomic E-state index is 0.0520. The lowest BCUT2D eigenvalue weighted by Gasteiger charge is -2.39. The van der Waals surface area contributed by atoms with Crippen molar-refractivity contribution in [2.24, 2.45) is 0 Å². The molecule has 0 unspecified atom stereocenters. The van der Waals surface area contributed by atoms with Crippen molar-refractivity contribution in [2.75, 3.05) is 18.4 Å². The summed E-state index contributed by atoms with van der Waals surface area (Å²) in [6.07, 6.45) is 3.05. The lowest BCUT2D eigenvalue weighted by molar-refractivity contribution is -0.129. The van der Waals surface area contributed by atoms with E-state index in [1.54, 1.807) is 23.2 Å². The molecule has 1 amide bonds. The van der Waals surface area contributed by atoms with Crippen LogP contribution in [-0.4, -0.2) is 45.2 Å². The molecular weight excluding hydrogens is 376 g/mol. The number of aromatic nitrogens is 2. The van der Waals surface area contributed by atoms with Gasteiger partial charge in [-0.15, -0.1) is 5.10 Å². The van der Waals surface area contributed by atoms with Crippen molar-refractivity contribution in [1.82, 2.24) is 15.1 Å². The number of nitrogens with zero attached hydrogens (tertiary/aromatic N) is 3. The fraction of sp³-hybridized carbons (Fsp3) is 0.125. The second-order valence-corrected chi connectivity index (χ2v) is 7.46. The Morgan fingerprint density at radius 2 is 1.90 bits per heavy atom. The molecule has 0 aliphatic carbocycles. The van der Waals surface area contributed by atoms with Crippen LogP contribution in [0.3, 0.4) is 0 Å². The molecular formula is C24H20N4O2. The topological polar surface area (TPSA) is 78.4 Å². The Morgan fingerprint density at radius 3 is 2.73 bits per heavy atom. The van der Waals surface area contributed by atoms with Gasteiger partial charge < -0.3 is 15.3 Å². The monoisotopic (exact) mass is 396 g/mol. The van der Waals surface area contributed by atoms with Crippen LogP contribution in [0, 0.1) is 0 Å². The normalized spacial score (nSPS) is 13.9. The summed E-state index contributed by atoms with van der Waals surface area (Å²) >= 11 is 0. The fourth-order valence-electron chi connectivity index (χ4n) is 4.03. The molecule has 0 radical (unpaired) electrons. The number of hydrogen-bond donors (Lipinski definition) is 2. The number of likely N-dealkylation sites (tertiary alicyclic amines) is 1. The lowest BCUT2D eigenvalue weighted by Crippen LogP contribution is -2.56. The Bertz CT molecular complexity index is 1300. The minimum atomic E-state index is -0.0520. The molecule has 6 nitrogen and oxygen atoms in total. The number of rotatable bonds is 4. The van der Waals surface area contributed by atoms with E-state index in [4.69, 9.17) is 0 Å². The number of phenolic OH excluding ortho intramolecular Hbond substituents is 1. The van der Waals surface area contributed by atoms with Crippen molar-refractivity contribution < 1.29 is 9.90 Å². The largest absolute Gasteiger partial charge is 0.508 e. The van der Waals surface area contributed by atoms with Crippen LogP contribution in [0.1, 0.15) is 0 Å². The van der Waals surface area contributed by atoms with Gasteiger partial charge >= 0.3 is 0 Å². The van der Waals surface area contributed by atoms with E-state index < -0.39 is 0 Å². The molecule has 1 aromatic heterocycles. The molecule has 2 N–H and O–H groups in total. The van der Waals surface area contributed by atoms with E-state index in [1.807, 2.05) is 42.5 Å². The van der Waals surface area contributed by atoms with Gasteiger partial charge in [-0.1, -0.05) is 49.0 Å². The Hall–Kier alpha value is -3.93. The summed E-state index contributed by atoms with van der Waals surface area (Å²) < 4.78 is 0. The predicted molar refractivity (Wildman–Crippen MR) is 118 cm³/mol. The maximum atomic E-state index is 11.7. The summed E-state index contributed by atoms with van der Waals surface area (Å²) in [7, 11) is 0. The molecule has 3 aromatic carbocycles. The van der Waals surface area contributed by atoms with Crippen molar-refractivity contribution in [1.29, 1.82) is 0 Å². The molecule has 0 bridgehead atoms. The summed E-state index contributed by atoms with van der Waals surface area (Å²) in [5.74, 6) is 0.160. The fourth-order valence-corrected chi connectivity index (χ4v) is 4.03. The van der Waals surface area contributed by atoms with Gasteiger partial charge in [0.15, 0.2) is 0 Å². The van der Waals surface area contributed by atoms with Gasteiger partial charge in [0.2, 0.25) is 5.91 Å². The van der Waals surface area contributed by atoms with Crippen LogP contribution in [0.4, 0.5) is 5.69 Å². The van der Waals surface area contributed by atoms with Gasteiger partial charge in [-0.25, -0.2) is 0 Å². The van der Waals surface area contributed by atoms with Gasteiger partial charge in [0, 0.05) is 24.0 Å². The number of fused-ring (bicyclic) bond motifs is 2. The summed E-state index contributed by atoms with van der Waals surface area (Å²) in [5.41, 5.74) is 3.46. The number of carbonyl (C=O) groups is 1. The molecule has 1 fully saturated rings. The maximum absolute atomic E-state index is 11.7. The molecule has 30 heavy (non-hydrogen) atoms. The van der Waals surface area contributed by atoms with Crippen LogP contribution in [-0.2, 0) is 4.79 Å². The van der Waals surface area contributed by atoms with Crippen molar-refractivity contribution >= 4 is 33.3 Å². The minimum Gasteiger partial charge on any atom is -0.508 e. The van der Waals surface area contributed by atoms with Gasteiger partial charge in [-0.05, 0) is 34.5 Å². The van der Waals surface area contributed by atoms with E-state index in [1.165, 1.54) is 6.08 Å². The van der Waals surface area contributed by atoms with Crippen LogP contribution in [0.15, 0.2) is 73.4 Å². The Morgan fingerprint density at radius 1 is 1.10 bits per heavy atom. The summed E-state index contributed by atoms with van der Waals surface area (Å²) in [6.45, 7) is 4.79. The van der Waals surface area contributed by atoms with Crippen LogP contribution < -0.4 is 5.32 Å². The Balaban J connectivity index is 1.56. The van der Waals surface area contributed by atoms with Gasteiger partial charge in [0.1, 0.15) is 11.3 Å². The van der Waals surface area contributed by atoms with Crippen molar-refractivity contribution in [3.63, 3.8) is 0 Å². The first kappa shape index (κ1) is 18.1. The van der Waals surface area contributed by atoms with E-state index >= 15 is 0 Å². The smallest absolute Gasteiger partial charge is 0.246 e. The zero-order valence-electron chi connectivity index (χ0n) is 16.2. The van der Waals surface area contributed by atoms with Crippen LogP contribution in [0.25, 0.3) is 32.8 Å². The Labute approximate surface area is 173 Å². The van der Waals surface area contributed by atoms with Crippen LogP contribution in [0.5, 0.6) is 5.75 Å². The van der Waals surface area contributed by atoms with Crippen LogP contribution in [0.2, 0.25) is 0 Å². The SMILES string of the molecule is C=CC(=O)N1CC(Nc2cnnc3c(-c4cc(O)cc5ccccc45)cccc23)C1. The highest BCUT2D eigenvalue weighted by Crippen LogP contribution is 2.37. The highest BCUT2D eigenvalue weighted by molar-refractivity contribution is 6.07. The first-order valence-electron chi connectivity index (χ1n) is 9.78. The molecule has 0 spiro atoms. The number of phenols is 1. The zero-order valence-corrected chi connectivity index (χ0v) is 16.2. The average molecular weight is 396 g/mol. The highest BCUT2D eigenvalue weighted by Gasteiger charge is 2.29. The highest BCUT2D eigenvalue weighted by atomic mass is 16.3. The van der Waals surface area contributed by atoms with E-state index in [0.29, 0.717) is 13.1 Å². The quantitative estimate of drug-likeness (QED) is 0.511. The third-order valence-electron chi connectivity index (χ3n) is 5.53. The molecule has 1 aliphatic heterocycles. The number of anilines is 1. The van der Waals surface area contributed by atoms with Crippen LogP contribution >= 0.6 is 0 Å². The molecule has 6 heteroatoms. The van der Waals surface area contributed by atoms with E-state index in [0.717, 1.165) is 38.5 Å². The summed E-state index contributed by atoms with van der Waals surface area (Å²) in [5, 5.41) is 25.3. The van der Waals surface area contributed by atoms with Crippen molar-refractivity contribution in [3.05, 3.63) is 73.4 Å². The van der Waals surface area contributed by atoms with Crippen molar-refractivity contribution in [3.8, 4) is 16.9 Å². The second-order valence-electron chi connectivity index (χ2n) is 7.46. The number of aromatic hydroxyl groups is 1. The Kier molecular flexibility index (Phi) is 4.32. The molecule has 2 heterocycles. The molecule has 1 aliphatic rings. The first-order valence-corrected chi connectivity index (χ1v) is 9.78. The second kappa shape index (κ2) is 7.15. The maximum Gasteiger partial charge on any atom is 0.246 e. The van der Waals surface area contributed by atoms with E-state index in [-0.39, 0.29) is 17.7 Å². The third-order valence-corrected chi connectivity index (χ3v) is 5.53. The summed E-state index contributed by atoms with van der Waals surface area (Å²) in [4.78, 5) is 13.4. The van der Waals surface area contributed by atoms with Crippen molar-refractivity contribution in [2.45, 2.75) is 6.04 Å². The van der Waals surface area contributed by atoms with Gasteiger partial charge in [-0.3, -0.25) is 4.79 Å². The molecule has 1 saturated heterocycles. The summed E-state index contributed by atoms with van der Waals surface area (Å²) in [6, 6.07) is 17.6. The third kappa shape index (κ3) is 3.03. The first-order chi connectivity index (χ1) is 14.6. The standard InChI is InChI=1S/C24H20N4O2/c1-2-23(30)28-13-16(14-28)26-22-12-25-27-24-19(8-5-9-20(22)24)21-11-17(29)10-15-6-3-4-7-18(15)21/h2-12,16,29H,1,13-14H2,(H,26,27). The van der Waals surface area contributed by atoms with E-state index in [2.05, 4.69) is 22.1 Å².